The van der Waals surface area contributed by atoms with Gasteiger partial charge < -0.3 is 14.1 Å². The van der Waals surface area contributed by atoms with Crippen LogP contribution >= 0.6 is 0 Å². The van der Waals surface area contributed by atoms with E-state index in [1.807, 2.05) is 44.8 Å². The normalized spacial score (nSPS) is 14.7. The van der Waals surface area contributed by atoms with Crippen molar-refractivity contribution in [2.24, 2.45) is 0 Å². The van der Waals surface area contributed by atoms with Crippen molar-refractivity contribution in [2.75, 3.05) is 33.8 Å². The van der Waals surface area contributed by atoms with Crippen LogP contribution in [0.25, 0.3) is 0 Å². The Hall–Kier alpha value is -2.12. The Labute approximate surface area is 154 Å². The Morgan fingerprint density at radius 3 is 2.85 bits per heavy atom. The molecule has 1 aliphatic rings. The van der Waals surface area contributed by atoms with Crippen molar-refractivity contribution in [3.63, 3.8) is 0 Å². The van der Waals surface area contributed by atoms with Crippen LogP contribution in [0.1, 0.15) is 40.2 Å². The molecule has 0 amide bonds. The highest BCUT2D eigenvalue weighted by Crippen LogP contribution is 2.25. The first kappa shape index (κ1) is 18.7. The molecule has 7 nitrogen and oxygen atoms in total. The molecule has 3 rings (SSSR count). The summed E-state index contributed by atoms with van der Waals surface area (Å²) in [6.45, 7) is 8.11. The minimum Gasteiger partial charge on any atom is -0.465 e. The van der Waals surface area contributed by atoms with E-state index in [2.05, 4.69) is 14.9 Å². The van der Waals surface area contributed by atoms with E-state index in [9.17, 15) is 4.79 Å². The fourth-order valence-electron chi connectivity index (χ4n) is 3.32. The Kier molecular flexibility index (Phi) is 5.78. The number of esters is 1. The van der Waals surface area contributed by atoms with Gasteiger partial charge in [0, 0.05) is 37.3 Å². The number of carbonyl (C=O) groups is 1. The Bertz CT molecular complexity index is 763. The van der Waals surface area contributed by atoms with E-state index in [4.69, 9.17) is 9.15 Å². The zero-order valence-corrected chi connectivity index (χ0v) is 16.1. The van der Waals surface area contributed by atoms with Crippen LogP contribution in [0.3, 0.4) is 0 Å². The van der Waals surface area contributed by atoms with Gasteiger partial charge in [-0.1, -0.05) is 0 Å². The zero-order chi connectivity index (χ0) is 18.7. The van der Waals surface area contributed by atoms with E-state index >= 15 is 0 Å². The second-order valence-corrected chi connectivity index (χ2v) is 6.99. The Morgan fingerprint density at radius 2 is 2.19 bits per heavy atom. The van der Waals surface area contributed by atoms with Crippen LogP contribution in [0.2, 0.25) is 0 Å². The van der Waals surface area contributed by atoms with Crippen molar-refractivity contribution in [2.45, 2.75) is 39.9 Å². The maximum absolute atomic E-state index is 12.4. The van der Waals surface area contributed by atoms with Crippen LogP contribution in [-0.4, -0.2) is 59.3 Å². The van der Waals surface area contributed by atoms with Crippen molar-refractivity contribution in [3.8, 4) is 0 Å². The van der Waals surface area contributed by atoms with Gasteiger partial charge in [-0.05, 0) is 40.1 Å². The predicted octanol–water partition coefficient (Wildman–Crippen LogP) is 2.08. The molecule has 0 N–H and O–H groups in total. The molecule has 0 bridgehead atoms. The summed E-state index contributed by atoms with van der Waals surface area (Å²) in [4.78, 5) is 16.8. The number of likely N-dealkylation sites (N-methyl/N-ethyl adjacent to an activating group) is 1. The first-order valence-electron chi connectivity index (χ1n) is 9.16. The number of nitrogens with zero attached hydrogens (tertiary/aromatic N) is 4. The van der Waals surface area contributed by atoms with Gasteiger partial charge in [0.2, 0.25) is 0 Å². The van der Waals surface area contributed by atoms with E-state index in [1.165, 1.54) is 0 Å². The predicted molar refractivity (Wildman–Crippen MR) is 98.0 cm³/mol. The standard InChI is InChI=1S/C19H28N4O3/c1-5-25-19(24)18-16-13-22(12-15-7-6-14(2)26-15)9-8-17(16)23(20-18)11-10-21(3)4/h6-7H,5,8-13H2,1-4H3. The summed E-state index contributed by atoms with van der Waals surface area (Å²) < 4.78 is 12.9. The molecule has 0 aromatic carbocycles. The average Bonchev–Trinajstić information content (AvgIpc) is 3.16. The number of aromatic nitrogens is 2. The third kappa shape index (κ3) is 4.16. The fraction of sp³-hybridized carbons (Fsp3) is 0.579. The van der Waals surface area contributed by atoms with Crippen LogP contribution < -0.4 is 0 Å². The topological polar surface area (TPSA) is 63.7 Å². The summed E-state index contributed by atoms with van der Waals surface area (Å²) in [6, 6.07) is 3.99. The fourth-order valence-corrected chi connectivity index (χ4v) is 3.32. The summed E-state index contributed by atoms with van der Waals surface area (Å²) in [7, 11) is 4.07. The highest BCUT2D eigenvalue weighted by Gasteiger charge is 2.29. The van der Waals surface area contributed by atoms with E-state index < -0.39 is 0 Å². The van der Waals surface area contributed by atoms with Gasteiger partial charge in [0.1, 0.15) is 11.5 Å². The molecule has 2 aromatic heterocycles. The third-order valence-corrected chi connectivity index (χ3v) is 4.62. The molecule has 142 valence electrons. The molecule has 0 fully saturated rings. The molecule has 0 saturated carbocycles. The molecular formula is C19H28N4O3. The second-order valence-electron chi connectivity index (χ2n) is 6.99. The molecule has 0 unspecified atom stereocenters. The first-order chi connectivity index (χ1) is 12.5. The third-order valence-electron chi connectivity index (χ3n) is 4.62. The van der Waals surface area contributed by atoms with Crippen molar-refractivity contribution in [3.05, 3.63) is 40.6 Å². The van der Waals surface area contributed by atoms with E-state index in [1.54, 1.807) is 0 Å². The number of rotatable bonds is 7. The lowest BCUT2D eigenvalue weighted by molar-refractivity contribution is 0.0515. The molecule has 0 aliphatic carbocycles. The summed E-state index contributed by atoms with van der Waals surface area (Å²) in [6.07, 6.45) is 0.870. The lowest BCUT2D eigenvalue weighted by Crippen LogP contribution is -2.31. The summed E-state index contributed by atoms with van der Waals surface area (Å²) in [5.41, 5.74) is 2.61. The maximum atomic E-state index is 12.4. The number of fused-ring (bicyclic) bond motifs is 1. The molecule has 3 heterocycles. The van der Waals surface area contributed by atoms with Crippen LogP contribution in [0.5, 0.6) is 0 Å². The van der Waals surface area contributed by atoms with Crippen molar-refractivity contribution in [1.29, 1.82) is 0 Å². The lowest BCUT2D eigenvalue weighted by Gasteiger charge is -2.27. The van der Waals surface area contributed by atoms with Gasteiger partial charge in [0.15, 0.2) is 5.69 Å². The SMILES string of the molecule is CCOC(=O)c1nn(CCN(C)C)c2c1CN(Cc1ccc(C)o1)CC2. The molecule has 0 atom stereocenters. The average molecular weight is 360 g/mol. The maximum Gasteiger partial charge on any atom is 0.359 e. The molecule has 0 radical (unpaired) electrons. The second kappa shape index (κ2) is 8.05. The monoisotopic (exact) mass is 360 g/mol. The number of aryl methyl sites for hydroxylation is 1. The lowest BCUT2D eigenvalue weighted by atomic mass is 10.0. The van der Waals surface area contributed by atoms with Gasteiger partial charge in [-0.3, -0.25) is 9.58 Å². The minimum atomic E-state index is -0.331. The molecule has 2 aromatic rings. The molecule has 0 spiro atoms. The van der Waals surface area contributed by atoms with Crippen LogP contribution in [0.4, 0.5) is 0 Å². The summed E-state index contributed by atoms with van der Waals surface area (Å²) >= 11 is 0. The van der Waals surface area contributed by atoms with Crippen molar-refractivity contribution in [1.82, 2.24) is 19.6 Å². The van der Waals surface area contributed by atoms with Crippen LogP contribution in [0.15, 0.2) is 16.5 Å². The van der Waals surface area contributed by atoms with E-state index in [0.29, 0.717) is 18.8 Å². The quantitative estimate of drug-likeness (QED) is 0.705. The number of carbonyl (C=O) groups excluding carboxylic acids is 1. The van der Waals surface area contributed by atoms with Gasteiger partial charge in [-0.25, -0.2) is 4.79 Å². The smallest absolute Gasteiger partial charge is 0.359 e. The van der Waals surface area contributed by atoms with Gasteiger partial charge in [-0.2, -0.15) is 5.10 Å². The van der Waals surface area contributed by atoms with E-state index in [-0.39, 0.29) is 5.97 Å². The molecule has 7 heteroatoms. The van der Waals surface area contributed by atoms with Crippen LogP contribution in [-0.2, 0) is 30.8 Å². The highest BCUT2D eigenvalue weighted by atomic mass is 16.5. The van der Waals surface area contributed by atoms with Crippen molar-refractivity contribution >= 4 is 5.97 Å². The van der Waals surface area contributed by atoms with Gasteiger partial charge >= 0.3 is 5.97 Å². The Morgan fingerprint density at radius 1 is 1.38 bits per heavy atom. The Balaban J connectivity index is 1.82. The largest absolute Gasteiger partial charge is 0.465 e. The number of hydrogen-bond donors (Lipinski definition) is 0. The zero-order valence-electron chi connectivity index (χ0n) is 16.1. The number of furan rings is 1. The van der Waals surface area contributed by atoms with Crippen molar-refractivity contribution < 1.29 is 13.9 Å². The van der Waals surface area contributed by atoms with Crippen LogP contribution in [0, 0.1) is 6.92 Å². The summed E-state index contributed by atoms with van der Waals surface area (Å²) in [5, 5.41) is 4.59. The first-order valence-corrected chi connectivity index (χ1v) is 9.16. The van der Waals surface area contributed by atoms with Gasteiger partial charge in [0.05, 0.1) is 19.7 Å². The highest BCUT2D eigenvalue weighted by molar-refractivity contribution is 5.89. The molecule has 1 aliphatic heterocycles. The van der Waals surface area contributed by atoms with Gasteiger partial charge in [-0.15, -0.1) is 0 Å². The number of ether oxygens (including phenoxy) is 1. The summed E-state index contributed by atoms with van der Waals surface area (Å²) in [5.74, 6) is 1.54. The molecule has 26 heavy (non-hydrogen) atoms. The van der Waals surface area contributed by atoms with E-state index in [0.717, 1.165) is 55.4 Å². The number of hydrogen-bond acceptors (Lipinski definition) is 6. The molecule has 0 saturated heterocycles. The molecular weight excluding hydrogens is 332 g/mol. The minimum absolute atomic E-state index is 0.331. The van der Waals surface area contributed by atoms with Gasteiger partial charge in [0.25, 0.3) is 0 Å².